The molecule has 2 aromatic carbocycles. The quantitative estimate of drug-likeness (QED) is 0.770. The molecule has 3 aromatic rings. The lowest BCUT2D eigenvalue weighted by atomic mass is 10.1. The van der Waals surface area contributed by atoms with Crippen LogP contribution in [-0.4, -0.2) is 9.78 Å². The number of benzene rings is 2. The van der Waals surface area contributed by atoms with Crippen LogP contribution in [0.1, 0.15) is 0 Å². The van der Waals surface area contributed by atoms with E-state index >= 15 is 0 Å². The summed E-state index contributed by atoms with van der Waals surface area (Å²) in [5, 5.41) is 4.44. The molecule has 0 bridgehead atoms. The van der Waals surface area contributed by atoms with Crippen LogP contribution < -0.4 is 5.73 Å². The minimum absolute atomic E-state index is 0.305. The average molecular weight is 332 g/mol. The van der Waals surface area contributed by atoms with Crippen LogP contribution in [-0.2, 0) is 0 Å². The van der Waals surface area contributed by atoms with Gasteiger partial charge in [-0.25, -0.2) is 9.07 Å². The highest BCUT2D eigenvalue weighted by Gasteiger charge is 2.10. The Morgan fingerprint density at radius 2 is 1.90 bits per heavy atom. The van der Waals surface area contributed by atoms with Gasteiger partial charge in [0.05, 0.1) is 17.6 Å². The van der Waals surface area contributed by atoms with Gasteiger partial charge in [0.2, 0.25) is 0 Å². The summed E-state index contributed by atoms with van der Waals surface area (Å²) in [6.07, 6.45) is 1.69. The molecule has 0 aliphatic heterocycles. The zero-order valence-corrected chi connectivity index (χ0v) is 12.0. The fourth-order valence-electron chi connectivity index (χ4n) is 2.00. The van der Waals surface area contributed by atoms with Crippen molar-refractivity contribution in [2.45, 2.75) is 0 Å². The van der Waals surface area contributed by atoms with Gasteiger partial charge in [-0.1, -0.05) is 34.1 Å². The van der Waals surface area contributed by atoms with Gasteiger partial charge in [0.1, 0.15) is 11.5 Å². The Hall–Kier alpha value is -2.14. The van der Waals surface area contributed by atoms with Crippen LogP contribution in [0.4, 0.5) is 10.1 Å². The van der Waals surface area contributed by atoms with Gasteiger partial charge in [-0.05, 0) is 30.3 Å². The zero-order valence-electron chi connectivity index (χ0n) is 10.4. The van der Waals surface area contributed by atoms with E-state index in [2.05, 4.69) is 21.0 Å². The highest BCUT2D eigenvalue weighted by atomic mass is 79.9. The molecule has 0 unspecified atom stereocenters. The van der Waals surface area contributed by atoms with Crippen LogP contribution in [0.5, 0.6) is 0 Å². The number of aromatic nitrogens is 2. The molecule has 0 aliphatic rings. The van der Waals surface area contributed by atoms with Gasteiger partial charge in [-0.2, -0.15) is 5.10 Å². The summed E-state index contributed by atoms with van der Waals surface area (Å²) in [6, 6.07) is 13.9. The molecule has 0 radical (unpaired) electrons. The predicted molar refractivity (Wildman–Crippen MR) is 81.1 cm³/mol. The lowest BCUT2D eigenvalue weighted by Gasteiger charge is -2.01. The van der Waals surface area contributed by atoms with Crippen LogP contribution in [0.2, 0.25) is 0 Å². The van der Waals surface area contributed by atoms with E-state index in [1.165, 1.54) is 12.1 Å². The molecule has 0 spiro atoms. The molecule has 0 fully saturated rings. The first-order chi connectivity index (χ1) is 9.63. The molecule has 3 rings (SSSR count). The molecule has 1 heterocycles. The lowest BCUT2D eigenvalue weighted by Crippen LogP contribution is -1.95. The largest absolute Gasteiger partial charge is 0.396 e. The summed E-state index contributed by atoms with van der Waals surface area (Å²) in [7, 11) is 0. The van der Waals surface area contributed by atoms with Gasteiger partial charge in [0, 0.05) is 10.0 Å². The van der Waals surface area contributed by atoms with Gasteiger partial charge >= 0.3 is 0 Å². The number of hydrogen-bond donors (Lipinski definition) is 1. The Labute approximate surface area is 124 Å². The lowest BCUT2D eigenvalue weighted by molar-refractivity contribution is 0.625. The van der Waals surface area contributed by atoms with E-state index in [4.69, 9.17) is 5.73 Å². The number of nitrogen functional groups attached to an aromatic ring is 1. The van der Waals surface area contributed by atoms with E-state index in [9.17, 15) is 4.39 Å². The highest BCUT2D eigenvalue weighted by molar-refractivity contribution is 9.10. The second-order valence-corrected chi connectivity index (χ2v) is 5.28. The molecule has 20 heavy (non-hydrogen) atoms. The molecule has 3 nitrogen and oxygen atoms in total. The Kier molecular flexibility index (Phi) is 3.28. The molecule has 0 saturated carbocycles. The third-order valence-electron chi connectivity index (χ3n) is 2.91. The van der Waals surface area contributed by atoms with E-state index in [-0.39, 0.29) is 5.82 Å². The topological polar surface area (TPSA) is 43.8 Å². The molecule has 1 aromatic heterocycles. The molecule has 0 amide bonds. The van der Waals surface area contributed by atoms with Crippen molar-refractivity contribution in [3.05, 3.63) is 65.0 Å². The summed E-state index contributed by atoms with van der Waals surface area (Å²) in [6.45, 7) is 0. The maximum Gasteiger partial charge on any atom is 0.125 e. The summed E-state index contributed by atoms with van der Waals surface area (Å²) < 4.78 is 15.8. The molecular weight excluding hydrogens is 321 g/mol. The number of nitrogens with two attached hydrogens (primary N) is 1. The third-order valence-corrected chi connectivity index (χ3v) is 3.41. The zero-order chi connectivity index (χ0) is 14.1. The molecule has 0 atom stereocenters. The molecule has 2 N–H and O–H groups in total. The van der Waals surface area contributed by atoms with Crippen molar-refractivity contribution in [3.8, 4) is 16.9 Å². The third kappa shape index (κ3) is 2.44. The van der Waals surface area contributed by atoms with E-state index in [1.54, 1.807) is 23.0 Å². The first-order valence-electron chi connectivity index (χ1n) is 6.00. The molecule has 100 valence electrons. The van der Waals surface area contributed by atoms with Crippen LogP contribution >= 0.6 is 15.9 Å². The van der Waals surface area contributed by atoms with Crippen LogP contribution in [0.15, 0.2) is 59.2 Å². The number of hydrogen-bond acceptors (Lipinski definition) is 2. The fraction of sp³-hybridized carbons (Fsp3) is 0. The van der Waals surface area contributed by atoms with Crippen molar-refractivity contribution in [1.29, 1.82) is 0 Å². The molecule has 0 saturated heterocycles. The minimum Gasteiger partial charge on any atom is -0.396 e. The second-order valence-electron chi connectivity index (χ2n) is 4.37. The number of nitrogens with zero attached hydrogens (tertiary/aromatic N) is 2. The van der Waals surface area contributed by atoms with E-state index < -0.39 is 0 Å². The Balaban J connectivity index is 2.08. The van der Waals surface area contributed by atoms with E-state index in [0.717, 1.165) is 10.0 Å². The van der Waals surface area contributed by atoms with Crippen molar-refractivity contribution in [2.24, 2.45) is 0 Å². The monoisotopic (exact) mass is 331 g/mol. The van der Waals surface area contributed by atoms with Gasteiger partial charge in [-0.15, -0.1) is 0 Å². The molecule has 5 heteroatoms. The fourth-order valence-corrected chi connectivity index (χ4v) is 2.40. The van der Waals surface area contributed by atoms with Crippen molar-refractivity contribution >= 4 is 21.6 Å². The molecular formula is C15H11BrFN3. The van der Waals surface area contributed by atoms with E-state index in [0.29, 0.717) is 17.1 Å². The van der Waals surface area contributed by atoms with Gasteiger partial charge in [-0.3, -0.25) is 0 Å². The van der Waals surface area contributed by atoms with Gasteiger partial charge in [0.25, 0.3) is 0 Å². The van der Waals surface area contributed by atoms with Crippen molar-refractivity contribution in [2.75, 3.05) is 5.73 Å². The first-order valence-corrected chi connectivity index (χ1v) is 6.80. The Morgan fingerprint density at radius 3 is 2.65 bits per heavy atom. The summed E-state index contributed by atoms with van der Waals surface area (Å²) in [5.41, 5.74) is 8.78. The van der Waals surface area contributed by atoms with Crippen LogP contribution in [0.3, 0.4) is 0 Å². The normalized spacial score (nSPS) is 10.7. The van der Waals surface area contributed by atoms with Gasteiger partial charge in [0.15, 0.2) is 0 Å². The Morgan fingerprint density at radius 1 is 1.10 bits per heavy atom. The average Bonchev–Trinajstić information content (AvgIpc) is 2.81. The maximum absolute atomic E-state index is 13.3. The van der Waals surface area contributed by atoms with Crippen molar-refractivity contribution in [3.63, 3.8) is 0 Å². The first kappa shape index (κ1) is 12.9. The minimum atomic E-state index is -0.305. The summed E-state index contributed by atoms with van der Waals surface area (Å²) in [4.78, 5) is 0. The van der Waals surface area contributed by atoms with E-state index in [1.807, 2.05) is 24.3 Å². The smallest absolute Gasteiger partial charge is 0.125 e. The predicted octanol–water partition coefficient (Wildman–Crippen LogP) is 4.02. The number of rotatable bonds is 2. The number of halogens is 2. The van der Waals surface area contributed by atoms with Crippen molar-refractivity contribution < 1.29 is 4.39 Å². The molecule has 0 aliphatic carbocycles. The van der Waals surface area contributed by atoms with Crippen LogP contribution in [0.25, 0.3) is 16.9 Å². The summed E-state index contributed by atoms with van der Waals surface area (Å²) >= 11 is 3.42. The number of anilines is 1. The van der Waals surface area contributed by atoms with Gasteiger partial charge < -0.3 is 5.73 Å². The highest BCUT2D eigenvalue weighted by Crippen LogP contribution is 2.27. The van der Waals surface area contributed by atoms with Crippen molar-refractivity contribution in [1.82, 2.24) is 9.78 Å². The van der Waals surface area contributed by atoms with Crippen LogP contribution in [0, 0.1) is 5.82 Å². The SMILES string of the molecule is Nc1cn(-c2cccc(F)c2)nc1-c1cccc(Br)c1. The second kappa shape index (κ2) is 5.09. The summed E-state index contributed by atoms with van der Waals surface area (Å²) in [5.74, 6) is -0.305. The Bertz CT molecular complexity index is 767. The maximum atomic E-state index is 13.3. The standard InChI is InChI=1S/C15H11BrFN3/c16-11-4-1-3-10(7-11)15-14(18)9-20(19-15)13-6-2-5-12(17)8-13/h1-9H,18H2.